The van der Waals surface area contributed by atoms with Crippen molar-refractivity contribution in [3.63, 3.8) is 0 Å². The summed E-state index contributed by atoms with van der Waals surface area (Å²) in [5.41, 5.74) is 36.7. The summed E-state index contributed by atoms with van der Waals surface area (Å²) in [6.45, 7) is 23.7. The van der Waals surface area contributed by atoms with Gasteiger partial charge in [0, 0.05) is 108 Å². The predicted molar refractivity (Wildman–Crippen MR) is 337 cm³/mol. The van der Waals surface area contributed by atoms with E-state index in [1.807, 2.05) is 80.5 Å². The number of fused-ring (bicyclic) bond motifs is 7. The number of hydrogen-bond donors (Lipinski definition) is 9. The molecule has 1 aromatic heterocycles. The van der Waals surface area contributed by atoms with Crippen LogP contribution in [-0.2, 0) is 68.7 Å². The van der Waals surface area contributed by atoms with Gasteiger partial charge >= 0.3 is 16.8 Å². The van der Waals surface area contributed by atoms with Crippen molar-refractivity contribution in [2.45, 2.75) is 189 Å². The van der Waals surface area contributed by atoms with Crippen LogP contribution in [0.15, 0.2) is 67.8 Å². The number of phosphoric acid groups is 1. The van der Waals surface area contributed by atoms with E-state index in [0.29, 0.717) is 56.4 Å². The maximum absolute atomic E-state index is 14.4. The molecule has 508 valence electrons. The summed E-state index contributed by atoms with van der Waals surface area (Å²) in [7, 11) is -5.32. The summed E-state index contributed by atoms with van der Waals surface area (Å²) in [5, 5.41) is 36.4. The topological polar surface area (TPSA) is 489 Å². The standard InChI is InChI=1S/C62H90N13O14P.CN.Co/c1-29-20-39-40(21-30(29)2)75(28-70-39)57-52(84)53(41(27-76)87-57)89-90(85,86)88-31(3)26-69-49(83)18-19-59(8)37(22-46(66)80)56-62(11)61(10,25-48(68)82)36(14-17-45(65)79)51(74-62)33(5)55-60(9,24-47(67)81)34(12-15-43(63)77)38(71-55)23-42-58(6,7)35(13-16-44(64)78)50(72-42)32(4)54(59)73-56;1-2;/h20-21,23,28,31,34-37,41,52-53,56-57,76,84H,12-19,22,24-27H2,1-11H3,(H15,63,64,65,66,67,68,69,71,72,73,74,77,78,79,80,81,82,83,85,86);;/q;-1;+3/p-2/t31-,34-,35-,36-,37+,41-,52-,53-,56?,57?,59-,60+,61+,62+;;/m1../s1. The van der Waals surface area contributed by atoms with Crippen molar-refractivity contribution in [2.24, 2.45) is 94.7 Å². The Morgan fingerprint density at radius 2 is 1.39 bits per heavy atom. The summed E-state index contributed by atoms with van der Waals surface area (Å²) < 4.78 is 31.9. The van der Waals surface area contributed by atoms with Crippen molar-refractivity contribution < 1.29 is 83.8 Å². The van der Waals surface area contributed by atoms with Crippen LogP contribution in [0.5, 0.6) is 0 Å². The van der Waals surface area contributed by atoms with Gasteiger partial charge in [0.05, 0.1) is 41.3 Å². The quantitative estimate of drug-likeness (QED) is 0.0481. The second kappa shape index (κ2) is 28.5. The van der Waals surface area contributed by atoms with Crippen LogP contribution in [-0.4, -0.2) is 127 Å². The SMILES string of the molecule is C/C1=C2/[N-]C([C@H](CC(N)=O)[C@@]2(C)CCC(=O)NC[C@@H](C)OP(=O)([O-])O[C@@H]2[C@@H](CO)OC(n3cnc4cc(C)c(C)cc43)[C@@H]2O)[C@]2(C)N=C(/C(C)=C3N=C(/C=C4N=C1[C@@H](CCC(N)=O)C\4(C)C)[C@@H](CCC(N)=O)[C@]\3(C)CC(N)=O)[C@@H](CCC(N)=O)[C@]2(C)CC(N)=O.[C-]#N.[Co+3]. The number of nitrogens with one attached hydrogen (secondary N) is 1. The minimum atomic E-state index is -5.32. The number of phosphoric ester groups is 1. The summed E-state index contributed by atoms with van der Waals surface area (Å²) in [6, 6.07) is 2.65. The number of nitrogens with zero attached hydrogens (tertiary/aromatic N) is 7. The maximum atomic E-state index is 14.4. The van der Waals surface area contributed by atoms with E-state index in [1.165, 1.54) is 17.8 Å². The second-order valence-corrected chi connectivity index (χ2v) is 28.3. The van der Waals surface area contributed by atoms with E-state index in [-0.39, 0.29) is 94.0 Å². The number of aliphatic hydroxyl groups excluding tert-OH is 2. The molecule has 0 spiro atoms. The minimum absolute atomic E-state index is 0. The Kier molecular flexibility index (Phi) is 23.0. The Bertz CT molecular complexity index is 3600. The number of nitrogens with two attached hydrogens (primary N) is 6. The molecule has 93 heavy (non-hydrogen) atoms. The number of primary amides is 6. The Balaban J connectivity index is 0.00000453. The molecule has 15 atom stereocenters. The third-order valence-electron chi connectivity index (χ3n) is 20.5. The summed E-state index contributed by atoms with van der Waals surface area (Å²) in [4.78, 5) is 128. The van der Waals surface area contributed by atoms with Crippen LogP contribution in [0.2, 0.25) is 0 Å². The van der Waals surface area contributed by atoms with Crippen molar-refractivity contribution in [3.8, 4) is 0 Å². The normalized spacial score (nSPS) is 33.1. The Morgan fingerprint density at radius 1 is 0.806 bits per heavy atom. The number of aryl methyl sites for hydroxylation is 2. The number of carbonyl (C=O) groups excluding carboxylic acids is 7. The first-order valence-electron chi connectivity index (χ1n) is 30.7. The van der Waals surface area contributed by atoms with Gasteiger partial charge < -0.3 is 90.3 Å². The molecule has 2 fully saturated rings. The first-order valence-corrected chi connectivity index (χ1v) is 32.2. The molecule has 28 nitrogen and oxygen atoms in total. The summed E-state index contributed by atoms with van der Waals surface area (Å²) in [6.07, 6.45) is -4.79. The summed E-state index contributed by atoms with van der Waals surface area (Å²) in [5.74, 6) is -7.40. The molecule has 8 rings (SSSR count). The molecule has 3 unspecified atom stereocenters. The van der Waals surface area contributed by atoms with Crippen molar-refractivity contribution >= 4 is 77.3 Å². The zero-order chi connectivity index (χ0) is 68.7. The van der Waals surface area contributed by atoms with Crippen LogP contribution in [0.25, 0.3) is 16.4 Å². The van der Waals surface area contributed by atoms with Crippen LogP contribution >= 0.6 is 7.82 Å². The zero-order valence-corrected chi connectivity index (χ0v) is 56.4. The zero-order valence-electron chi connectivity index (χ0n) is 54.4. The Labute approximate surface area is 551 Å². The molecule has 2 aromatic rings. The van der Waals surface area contributed by atoms with Gasteiger partial charge in [-0.05, 0) is 119 Å². The molecule has 6 aliphatic rings. The van der Waals surface area contributed by atoms with Crippen LogP contribution in [0, 0.1) is 71.0 Å². The molecule has 1 aromatic carbocycles. The van der Waals surface area contributed by atoms with Crippen molar-refractivity contribution in [1.29, 1.82) is 5.26 Å². The van der Waals surface area contributed by atoms with Gasteiger partial charge in [-0.3, -0.25) is 53.1 Å². The molecular weight excluding hydrogens is 1270 g/mol. The molecule has 7 heterocycles. The van der Waals surface area contributed by atoms with Gasteiger partial charge in [0.2, 0.25) is 41.4 Å². The number of carbonyl (C=O) groups is 7. The van der Waals surface area contributed by atoms with E-state index >= 15 is 0 Å². The van der Waals surface area contributed by atoms with Gasteiger partial charge in [0.1, 0.15) is 18.3 Å². The minimum Gasteiger partial charge on any atom is -0.756 e. The second-order valence-electron chi connectivity index (χ2n) is 27.0. The van der Waals surface area contributed by atoms with E-state index < -0.39 is 143 Å². The molecule has 7 amide bonds. The average molecular weight is 1360 g/mol. The molecule has 2 saturated heterocycles. The van der Waals surface area contributed by atoms with Gasteiger partial charge in [-0.15, -0.1) is 0 Å². The van der Waals surface area contributed by atoms with Gasteiger partial charge in [0.15, 0.2) is 6.23 Å². The number of amides is 7. The van der Waals surface area contributed by atoms with Crippen molar-refractivity contribution in [1.82, 2.24) is 14.9 Å². The Morgan fingerprint density at radius 3 is 1.96 bits per heavy atom. The maximum Gasteiger partial charge on any atom is 3.00 e. The third kappa shape index (κ3) is 14.6. The van der Waals surface area contributed by atoms with E-state index in [2.05, 4.69) is 10.3 Å². The molecule has 8 bridgehead atoms. The van der Waals surface area contributed by atoms with Crippen molar-refractivity contribution in [3.05, 3.63) is 75.8 Å². The Hall–Kier alpha value is -7.00. The molecule has 0 radical (unpaired) electrons. The monoisotopic (exact) mass is 1350 g/mol. The number of aliphatic imine (C=N–C) groups is 3. The van der Waals surface area contributed by atoms with Crippen LogP contribution in [0.1, 0.15) is 150 Å². The number of aliphatic hydroxyl groups is 2. The van der Waals surface area contributed by atoms with Crippen LogP contribution in [0.3, 0.4) is 0 Å². The number of allylic oxidation sites excluding steroid dienone is 6. The molecule has 15 N–H and O–H groups in total. The number of benzene rings is 1. The fourth-order valence-corrected chi connectivity index (χ4v) is 16.4. The van der Waals surface area contributed by atoms with E-state index in [4.69, 9.17) is 80.3 Å². The molecule has 30 heteroatoms. The first kappa shape index (κ1) is 75.0. The molecule has 0 saturated carbocycles. The molecular formula is C63H88CoN14O14P. The number of ether oxygens (including phenoxy) is 1. The van der Waals surface area contributed by atoms with Crippen LogP contribution < -0.4 is 44.6 Å². The van der Waals surface area contributed by atoms with Crippen LogP contribution in [0.4, 0.5) is 0 Å². The van der Waals surface area contributed by atoms with E-state index in [1.54, 1.807) is 6.92 Å². The smallest absolute Gasteiger partial charge is 0.756 e. The van der Waals surface area contributed by atoms with Gasteiger partial charge in [-0.25, -0.2) is 4.98 Å². The first-order chi connectivity index (χ1) is 42.8. The van der Waals surface area contributed by atoms with Gasteiger partial charge in [-0.1, -0.05) is 40.7 Å². The third-order valence-corrected chi connectivity index (χ3v) is 21.6. The average Bonchev–Trinajstić information content (AvgIpc) is 1.53. The number of imidazole rings is 1. The summed E-state index contributed by atoms with van der Waals surface area (Å²) >= 11 is 0. The number of rotatable bonds is 26. The fourth-order valence-electron chi connectivity index (χ4n) is 15.3. The number of aromatic nitrogens is 2. The molecule has 0 aliphatic carbocycles. The fraction of sp³-hybridized carbons (Fsp3) is 0.619. The largest absolute Gasteiger partial charge is 3.00 e. The van der Waals surface area contributed by atoms with Gasteiger partial charge in [-0.2, -0.15) is 5.70 Å². The van der Waals surface area contributed by atoms with E-state index in [0.717, 1.165) is 11.1 Å². The van der Waals surface area contributed by atoms with Gasteiger partial charge in [0.25, 0.3) is 7.82 Å². The van der Waals surface area contributed by atoms with Crippen molar-refractivity contribution in [2.75, 3.05) is 13.2 Å². The number of hydrogen-bond acceptors (Lipinski definition) is 19. The molecule has 6 aliphatic heterocycles. The van der Waals surface area contributed by atoms with E-state index in [9.17, 15) is 53.2 Å². The predicted octanol–water partition coefficient (Wildman–Crippen LogP) is 3.41.